The van der Waals surface area contributed by atoms with Gasteiger partial charge < -0.3 is 14.2 Å². The lowest BCUT2D eigenvalue weighted by Crippen LogP contribution is -2.12. The van der Waals surface area contributed by atoms with Crippen molar-refractivity contribution < 1.29 is 32.0 Å². The van der Waals surface area contributed by atoms with Crippen molar-refractivity contribution in [2.24, 2.45) is 0 Å². The number of para-hydroxylation sites is 1. The molecule has 0 saturated heterocycles. The predicted octanol–water partition coefficient (Wildman–Crippen LogP) is 1.84. The summed E-state index contributed by atoms with van der Waals surface area (Å²) in [6.45, 7) is 5.99. The minimum absolute atomic E-state index is 0.0639. The molecule has 0 aromatic heterocycles. The van der Waals surface area contributed by atoms with Crippen LogP contribution in [0, 0.1) is 0 Å². The molecule has 0 aliphatic heterocycles. The maximum Gasteiger partial charge on any atom is 0.333 e. The van der Waals surface area contributed by atoms with Crippen molar-refractivity contribution >= 4 is 16.1 Å². The highest BCUT2D eigenvalue weighted by Crippen LogP contribution is 2.22. The zero-order chi connectivity index (χ0) is 17.3. The molecule has 0 radical (unpaired) electrons. The molecule has 0 aliphatic carbocycles. The Hall–Kier alpha value is -1.90. The van der Waals surface area contributed by atoms with Gasteiger partial charge in [0.05, 0.1) is 13.2 Å². The lowest BCUT2D eigenvalue weighted by molar-refractivity contribution is -0.139. The molecule has 1 aromatic rings. The van der Waals surface area contributed by atoms with E-state index in [1.54, 1.807) is 13.0 Å². The molecule has 1 rings (SSSR count). The average Bonchev–Trinajstić information content (AvgIpc) is 2.49. The first-order valence-corrected chi connectivity index (χ1v) is 8.36. The number of ether oxygens (including phenoxy) is 3. The van der Waals surface area contributed by atoms with E-state index in [4.69, 9.17) is 18.8 Å². The predicted molar refractivity (Wildman–Crippen MR) is 83.0 cm³/mol. The van der Waals surface area contributed by atoms with Gasteiger partial charge in [0.25, 0.3) is 10.1 Å². The van der Waals surface area contributed by atoms with Crippen LogP contribution >= 0.6 is 0 Å². The van der Waals surface area contributed by atoms with Crippen LogP contribution in [0.1, 0.15) is 13.3 Å². The first-order valence-electron chi connectivity index (χ1n) is 6.92. The number of carbonyl (C=O) groups excluding carboxylic acids is 1. The van der Waals surface area contributed by atoms with Gasteiger partial charge in [-0.15, -0.1) is 0 Å². The lowest BCUT2D eigenvalue weighted by Gasteiger charge is -2.10. The zero-order valence-electron chi connectivity index (χ0n) is 12.9. The molecule has 0 atom stereocenters. The van der Waals surface area contributed by atoms with E-state index in [0.717, 1.165) is 0 Å². The molecule has 1 aromatic carbocycles. The number of carbonyl (C=O) groups is 1. The summed E-state index contributed by atoms with van der Waals surface area (Å²) in [4.78, 5) is 10.8. The fourth-order valence-corrected chi connectivity index (χ4v) is 2.18. The Balaban J connectivity index is 2.22. The molecule has 0 unspecified atom stereocenters. The topological polar surface area (TPSA) is 99.1 Å². The summed E-state index contributed by atoms with van der Waals surface area (Å²) in [5.74, 6) is -0.371. The Kier molecular flexibility index (Phi) is 7.73. The number of benzene rings is 1. The Morgan fingerprint density at radius 3 is 2.52 bits per heavy atom. The van der Waals surface area contributed by atoms with Crippen LogP contribution in [0.3, 0.4) is 0 Å². The van der Waals surface area contributed by atoms with Crippen LogP contribution in [-0.4, -0.2) is 45.4 Å². The summed E-state index contributed by atoms with van der Waals surface area (Å²) in [5.41, 5.74) is 0.344. The molecule has 0 aliphatic rings. The number of esters is 1. The van der Waals surface area contributed by atoms with Crippen LogP contribution < -0.4 is 4.74 Å². The minimum atomic E-state index is -4.32. The van der Waals surface area contributed by atoms with E-state index in [0.29, 0.717) is 18.6 Å². The standard InChI is InChI=1S/C15H20O7S/c1-12(2)15(16)22-9-5-8-20-10-11-21-13-6-3-4-7-14(13)23(17,18)19/h3-4,6-7H,1,5,8-11H2,2H3,(H,17,18,19). The summed E-state index contributed by atoms with van der Waals surface area (Å²) in [6, 6.07) is 5.78. The van der Waals surface area contributed by atoms with Crippen LogP contribution in [0.15, 0.2) is 41.3 Å². The smallest absolute Gasteiger partial charge is 0.333 e. The largest absolute Gasteiger partial charge is 0.490 e. The van der Waals surface area contributed by atoms with Gasteiger partial charge in [-0.2, -0.15) is 8.42 Å². The summed E-state index contributed by atoms with van der Waals surface area (Å²) in [7, 11) is -4.32. The van der Waals surface area contributed by atoms with Crippen molar-refractivity contribution in [3.63, 3.8) is 0 Å². The molecule has 0 saturated carbocycles. The normalized spacial score (nSPS) is 11.0. The summed E-state index contributed by atoms with van der Waals surface area (Å²) in [5, 5.41) is 0. The Labute approximate surface area is 135 Å². The van der Waals surface area contributed by atoms with Gasteiger partial charge in [0.1, 0.15) is 17.3 Å². The van der Waals surface area contributed by atoms with Crippen molar-refractivity contribution in [2.75, 3.05) is 26.4 Å². The maximum atomic E-state index is 11.2. The van der Waals surface area contributed by atoms with Crippen molar-refractivity contribution in [3.8, 4) is 5.75 Å². The number of hydrogen-bond donors (Lipinski definition) is 1. The molecule has 128 valence electrons. The fourth-order valence-electron chi connectivity index (χ4n) is 1.54. The van der Waals surface area contributed by atoms with Gasteiger partial charge in [0, 0.05) is 18.6 Å². The highest BCUT2D eigenvalue weighted by Gasteiger charge is 2.15. The lowest BCUT2D eigenvalue weighted by atomic mass is 10.3. The van der Waals surface area contributed by atoms with Crippen LogP contribution in [0.25, 0.3) is 0 Å². The first kappa shape index (κ1) is 19.1. The molecule has 0 amide bonds. The quantitative estimate of drug-likeness (QED) is 0.299. The average molecular weight is 344 g/mol. The van der Waals surface area contributed by atoms with Gasteiger partial charge in [0.2, 0.25) is 0 Å². The molecule has 0 bridgehead atoms. The molecule has 7 nitrogen and oxygen atoms in total. The molecule has 0 fully saturated rings. The van der Waals surface area contributed by atoms with Crippen molar-refractivity contribution in [2.45, 2.75) is 18.2 Å². The summed E-state index contributed by atoms with van der Waals surface area (Å²) in [6.07, 6.45) is 0.528. The van der Waals surface area contributed by atoms with Gasteiger partial charge in [-0.25, -0.2) is 4.79 Å². The van der Waals surface area contributed by atoms with Gasteiger partial charge in [-0.05, 0) is 19.1 Å². The van der Waals surface area contributed by atoms with Crippen molar-refractivity contribution in [1.29, 1.82) is 0 Å². The third kappa shape index (κ3) is 7.27. The molecular weight excluding hydrogens is 324 g/mol. The first-order chi connectivity index (χ1) is 10.8. The summed E-state index contributed by atoms with van der Waals surface area (Å²) >= 11 is 0. The van der Waals surface area contributed by atoms with Gasteiger partial charge in [0.15, 0.2) is 0 Å². The highest BCUT2D eigenvalue weighted by molar-refractivity contribution is 7.86. The van der Waals surface area contributed by atoms with E-state index in [2.05, 4.69) is 6.58 Å². The van der Waals surface area contributed by atoms with Crippen molar-refractivity contribution in [1.82, 2.24) is 0 Å². The zero-order valence-corrected chi connectivity index (χ0v) is 13.7. The van der Waals surface area contributed by atoms with Crippen LogP contribution in [0.2, 0.25) is 0 Å². The third-order valence-corrected chi connectivity index (χ3v) is 3.52. The summed E-state index contributed by atoms with van der Waals surface area (Å²) < 4.78 is 46.8. The van der Waals surface area contributed by atoms with Crippen molar-refractivity contribution in [3.05, 3.63) is 36.4 Å². The maximum absolute atomic E-state index is 11.2. The number of hydrogen-bond acceptors (Lipinski definition) is 6. The van der Waals surface area contributed by atoms with E-state index in [1.807, 2.05) is 0 Å². The Morgan fingerprint density at radius 2 is 1.87 bits per heavy atom. The molecular formula is C15H20O7S. The fraction of sp³-hybridized carbons (Fsp3) is 0.400. The molecule has 8 heteroatoms. The van der Waals surface area contributed by atoms with E-state index >= 15 is 0 Å². The highest BCUT2D eigenvalue weighted by atomic mass is 32.2. The second-order valence-corrected chi connectivity index (χ2v) is 6.04. The van der Waals surface area contributed by atoms with E-state index in [-0.39, 0.29) is 30.5 Å². The minimum Gasteiger partial charge on any atom is -0.490 e. The van der Waals surface area contributed by atoms with Gasteiger partial charge in [-0.3, -0.25) is 4.55 Å². The van der Waals surface area contributed by atoms with E-state index in [9.17, 15) is 13.2 Å². The van der Waals surface area contributed by atoms with Gasteiger partial charge >= 0.3 is 5.97 Å². The second kappa shape index (κ2) is 9.29. The monoisotopic (exact) mass is 344 g/mol. The Morgan fingerprint density at radius 1 is 1.17 bits per heavy atom. The van der Waals surface area contributed by atoms with Gasteiger partial charge in [-0.1, -0.05) is 18.7 Å². The van der Waals surface area contributed by atoms with E-state index < -0.39 is 16.1 Å². The third-order valence-electron chi connectivity index (χ3n) is 2.63. The van der Waals surface area contributed by atoms with E-state index in [1.165, 1.54) is 18.2 Å². The Bertz CT molecular complexity index is 637. The second-order valence-electron chi connectivity index (χ2n) is 4.65. The SMILES string of the molecule is C=C(C)C(=O)OCCCOCCOc1ccccc1S(=O)(=O)O. The molecule has 0 spiro atoms. The molecule has 1 N–H and O–H groups in total. The molecule has 0 heterocycles. The van der Waals surface area contributed by atoms with Crippen LogP contribution in [0.4, 0.5) is 0 Å². The van der Waals surface area contributed by atoms with Crippen LogP contribution in [0.5, 0.6) is 5.75 Å². The van der Waals surface area contributed by atoms with Crippen LogP contribution in [-0.2, 0) is 24.4 Å². The molecule has 23 heavy (non-hydrogen) atoms. The number of rotatable bonds is 10.